The highest BCUT2D eigenvalue weighted by Crippen LogP contribution is 2.29. The maximum absolute atomic E-state index is 12.5. The number of anilines is 1. The molecule has 11 heteroatoms. The van der Waals surface area contributed by atoms with Crippen LogP contribution in [0.4, 0.5) is 11.4 Å². The number of hydrogen-bond donors (Lipinski definition) is 1. The fourth-order valence-electron chi connectivity index (χ4n) is 3.25. The third-order valence-electron chi connectivity index (χ3n) is 5.00. The number of carbonyl (C=O) groups excluding carboxylic acids is 4. The Hall–Kier alpha value is -4.28. The number of amides is 3. The van der Waals surface area contributed by atoms with E-state index in [0.29, 0.717) is 0 Å². The van der Waals surface area contributed by atoms with Crippen molar-refractivity contribution in [3.05, 3.63) is 63.2 Å². The van der Waals surface area contributed by atoms with Crippen molar-refractivity contribution in [2.45, 2.75) is 26.4 Å². The second-order valence-corrected chi connectivity index (χ2v) is 7.32. The van der Waals surface area contributed by atoms with Crippen LogP contribution in [-0.2, 0) is 14.3 Å². The number of fused-ring (bicyclic) bond motifs is 1. The van der Waals surface area contributed by atoms with Crippen LogP contribution in [0, 0.1) is 17.0 Å². The predicted octanol–water partition coefficient (Wildman–Crippen LogP) is 2.47. The van der Waals surface area contributed by atoms with Gasteiger partial charge in [-0.1, -0.05) is 11.6 Å². The quantitative estimate of drug-likeness (QED) is 0.276. The monoisotopic (exact) mass is 455 g/mol. The van der Waals surface area contributed by atoms with E-state index in [0.717, 1.165) is 16.5 Å². The van der Waals surface area contributed by atoms with Crippen LogP contribution in [0.1, 0.15) is 39.6 Å². The molecule has 1 unspecified atom stereocenters. The maximum atomic E-state index is 12.5. The molecule has 3 rings (SSSR count). The Bertz CT molecular complexity index is 1160. The van der Waals surface area contributed by atoms with Gasteiger partial charge in [0.15, 0.2) is 6.10 Å². The zero-order chi connectivity index (χ0) is 24.3. The molecule has 1 aliphatic heterocycles. The molecule has 0 saturated heterocycles. The number of nitrogens with zero attached hydrogens (tertiary/aromatic N) is 2. The van der Waals surface area contributed by atoms with E-state index in [1.807, 2.05) is 0 Å². The second-order valence-electron chi connectivity index (χ2n) is 7.32. The lowest BCUT2D eigenvalue weighted by Crippen LogP contribution is -2.34. The van der Waals surface area contributed by atoms with Crippen molar-refractivity contribution in [2.75, 3.05) is 19.0 Å². The second kappa shape index (κ2) is 9.47. The van der Waals surface area contributed by atoms with E-state index < -0.39 is 34.7 Å². The molecule has 0 aliphatic carbocycles. The van der Waals surface area contributed by atoms with Gasteiger partial charge in [-0.2, -0.15) is 0 Å². The molecule has 1 N–H and O–H groups in total. The highest BCUT2D eigenvalue weighted by molar-refractivity contribution is 6.21. The summed E-state index contributed by atoms with van der Waals surface area (Å²) >= 11 is 0. The standard InChI is InChI=1S/C22H21N3O8/c1-12-4-6-15-16(10-12)22(29)24(21(15)28)9-8-19(26)33-13(2)20(27)23-17-7-5-14(32-3)11-18(17)25(30)31/h4-7,10-11,13H,8-9H2,1-3H3,(H,23,27). The summed E-state index contributed by atoms with van der Waals surface area (Å²) in [5.74, 6) is -2.35. The average Bonchev–Trinajstić information content (AvgIpc) is 3.01. The number of ether oxygens (including phenoxy) is 2. The lowest BCUT2D eigenvalue weighted by atomic mass is 10.1. The van der Waals surface area contributed by atoms with Crippen molar-refractivity contribution < 1.29 is 33.6 Å². The molecule has 0 fully saturated rings. The Morgan fingerprint density at radius 3 is 2.48 bits per heavy atom. The van der Waals surface area contributed by atoms with Crippen LogP contribution >= 0.6 is 0 Å². The Morgan fingerprint density at radius 1 is 1.12 bits per heavy atom. The number of esters is 1. The number of nitro groups is 1. The van der Waals surface area contributed by atoms with Crippen molar-refractivity contribution in [3.63, 3.8) is 0 Å². The summed E-state index contributed by atoms with van der Waals surface area (Å²) in [6.45, 7) is 2.89. The van der Waals surface area contributed by atoms with Crippen LogP contribution in [0.3, 0.4) is 0 Å². The van der Waals surface area contributed by atoms with Crippen LogP contribution < -0.4 is 10.1 Å². The smallest absolute Gasteiger partial charge is 0.308 e. The first-order chi connectivity index (χ1) is 15.6. The molecule has 2 aromatic rings. The first kappa shape index (κ1) is 23.4. The molecule has 172 valence electrons. The lowest BCUT2D eigenvalue weighted by Gasteiger charge is -2.16. The normalized spacial score (nSPS) is 13.4. The summed E-state index contributed by atoms with van der Waals surface area (Å²) in [5, 5.41) is 13.6. The van der Waals surface area contributed by atoms with Crippen molar-refractivity contribution in [1.29, 1.82) is 0 Å². The Labute approximate surface area is 188 Å². The van der Waals surface area contributed by atoms with Gasteiger partial charge in [0.25, 0.3) is 23.4 Å². The van der Waals surface area contributed by atoms with Crippen molar-refractivity contribution in [1.82, 2.24) is 4.90 Å². The van der Waals surface area contributed by atoms with E-state index in [2.05, 4.69) is 5.32 Å². The van der Waals surface area contributed by atoms with E-state index in [1.54, 1.807) is 25.1 Å². The van der Waals surface area contributed by atoms with Gasteiger partial charge in [0.1, 0.15) is 11.4 Å². The zero-order valence-electron chi connectivity index (χ0n) is 18.1. The van der Waals surface area contributed by atoms with Crippen molar-refractivity contribution >= 4 is 35.1 Å². The van der Waals surface area contributed by atoms with Gasteiger partial charge in [0, 0.05) is 6.54 Å². The van der Waals surface area contributed by atoms with Gasteiger partial charge >= 0.3 is 5.97 Å². The topological polar surface area (TPSA) is 145 Å². The number of rotatable bonds is 8. The SMILES string of the molecule is COc1ccc(NC(=O)C(C)OC(=O)CCN2C(=O)c3ccc(C)cc3C2=O)c([N+](=O)[O-])c1. The summed E-state index contributed by atoms with van der Waals surface area (Å²) in [6, 6.07) is 8.77. The van der Waals surface area contributed by atoms with Crippen molar-refractivity contribution in [2.24, 2.45) is 0 Å². The number of methoxy groups -OCH3 is 1. The minimum atomic E-state index is -1.27. The van der Waals surface area contributed by atoms with E-state index in [1.165, 1.54) is 26.2 Å². The number of aryl methyl sites for hydroxylation is 1. The molecular formula is C22H21N3O8. The first-order valence-electron chi connectivity index (χ1n) is 9.92. The molecule has 0 radical (unpaired) electrons. The minimum absolute atomic E-state index is 0.0879. The molecule has 0 saturated carbocycles. The zero-order valence-corrected chi connectivity index (χ0v) is 18.1. The summed E-state index contributed by atoms with van der Waals surface area (Å²) in [6.07, 6.45) is -1.59. The Balaban J connectivity index is 1.57. The highest BCUT2D eigenvalue weighted by Gasteiger charge is 2.35. The molecule has 2 aromatic carbocycles. The van der Waals surface area contributed by atoms with E-state index in [-0.39, 0.29) is 41.2 Å². The van der Waals surface area contributed by atoms with Crippen LogP contribution in [0.2, 0.25) is 0 Å². The molecule has 0 bridgehead atoms. The molecule has 0 spiro atoms. The maximum Gasteiger partial charge on any atom is 0.308 e. The summed E-state index contributed by atoms with van der Waals surface area (Å²) in [7, 11) is 1.35. The number of nitro benzene ring substituents is 1. The van der Waals surface area contributed by atoms with Gasteiger partial charge in [0.05, 0.1) is 35.6 Å². The Kier molecular flexibility index (Phi) is 6.71. The predicted molar refractivity (Wildman–Crippen MR) is 115 cm³/mol. The Morgan fingerprint density at radius 2 is 1.82 bits per heavy atom. The molecular weight excluding hydrogens is 434 g/mol. The fraction of sp³-hybridized carbons (Fsp3) is 0.273. The van der Waals surface area contributed by atoms with Crippen LogP contribution in [0.15, 0.2) is 36.4 Å². The summed E-state index contributed by atoms with van der Waals surface area (Å²) < 4.78 is 10.00. The third kappa shape index (κ3) is 4.97. The molecule has 0 aromatic heterocycles. The highest BCUT2D eigenvalue weighted by atomic mass is 16.6. The lowest BCUT2D eigenvalue weighted by molar-refractivity contribution is -0.384. The molecule has 3 amide bonds. The number of benzene rings is 2. The third-order valence-corrected chi connectivity index (χ3v) is 5.00. The largest absolute Gasteiger partial charge is 0.496 e. The van der Waals surface area contributed by atoms with Gasteiger partial charge in [-0.3, -0.25) is 34.2 Å². The van der Waals surface area contributed by atoms with Crippen LogP contribution in [0.5, 0.6) is 5.75 Å². The van der Waals surface area contributed by atoms with Gasteiger partial charge in [0.2, 0.25) is 0 Å². The van der Waals surface area contributed by atoms with E-state index in [4.69, 9.17) is 9.47 Å². The number of hydrogen-bond acceptors (Lipinski definition) is 8. The van der Waals surface area contributed by atoms with Gasteiger partial charge in [-0.25, -0.2) is 0 Å². The van der Waals surface area contributed by atoms with Gasteiger partial charge < -0.3 is 14.8 Å². The van der Waals surface area contributed by atoms with Crippen LogP contribution in [0.25, 0.3) is 0 Å². The minimum Gasteiger partial charge on any atom is -0.496 e. The number of carbonyl (C=O) groups is 4. The molecule has 1 atom stereocenters. The first-order valence-corrected chi connectivity index (χ1v) is 9.92. The molecule has 1 heterocycles. The van der Waals surface area contributed by atoms with Gasteiger partial charge in [-0.05, 0) is 38.1 Å². The average molecular weight is 455 g/mol. The number of nitrogens with one attached hydrogen (secondary N) is 1. The summed E-state index contributed by atoms with van der Waals surface area (Å²) in [5.41, 5.74) is 0.903. The fourth-order valence-corrected chi connectivity index (χ4v) is 3.25. The molecule has 11 nitrogen and oxygen atoms in total. The molecule has 1 aliphatic rings. The van der Waals surface area contributed by atoms with Crippen molar-refractivity contribution in [3.8, 4) is 5.75 Å². The van der Waals surface area contributed by atoms with Crippen LogP contribution in [-0.4, -0.2) is 53.3 Å². The van der Waals surface area contributed by atoms with Gasteiger partial charge in [-0.15, -0.1) is 0 Å². The van der Waals surface area contributed by atoms with E-state index >= 15 is 0 Å². The molecule has 33 heavy (non-hydrogen) atoms. The van der Waals surface area contributed by atoms with E-state index in [9.17, 15) is 29.3 Å². The number of imide groups is 1. The summed E-state index contributed by atoms with van der Waals surface area (Å²) in [4.78, 5) is 60.9.